The number of alkyl halides is 3. The van der Waals surface area contributed by atoms with Crippen LogP contribution in [-0.4, -0.2) is 21.0 Å². The number of nitrogens with zero attached hydrogens (tertiary/aromatic N) is 2. The van der Waals surface area contributed by atoms with Gasteiger partial charge in [-0.25, -0.2) is 9.97 Å². The zero-order valence-corrected chi connectivity index (χ0v) is 17.5. The third kappa shape index (κ3) is 5.05. The quantitative estimate of drug-likeness (QED) is 0.380. The number of halogens is 4. The van der Waals surface area contributed by atoms with Crippen molar-refractivity contribution in [1.29, 1.82) is 0 Å². The number of hydrogen-bond acceptors (Lipinski definition) is 5. The molecule has 33 heavy (non-hydrogen) atoms. The molecule has 0 atom stereocenters. The van der Waals surface area contributed by atoms with Crippen LogP contribution in [0.4, 0.5) is 18.9 Å². The Morgan fingerprint density at radius 3 is 2.64 bits per heavy atom. The maximum Gasteiger partial charge on any atom is 0.417 e. The number of anilines is 1. The van der Waals surface area contributed by atoms with Gasteiger partial charge in [0.15, 0.2) is 0 Å². The number of aromatic nitrogens is 2. The first-order valence-corrected chi connectivity index (χ1v) is 9.93. The molecule has 2 N–H and O–H groups in total. The van der Waals surface area contributed by atoms with Gasteiger partial charge < -0.3 is 15.2 Å². The third-order valence-electron chi connectivity index (χ3n) is 4.71. The zero-order valence-electron chi connectivity index (χ0n) is 16.7. The molecule has 1 amide bonds. The fourth-order valence-corrected chi connectivity index (χ4v) is 3.41. The van der Waals surface area contributed by atoms with E-state index in [-0.39, 0.29) is 23.7 Å². The highest BCUT2D eigenvalue weighted by Gasteiger charge is 2.33. The fourth-order valence-electron chi connectivity index (χ4n) is 3.18. The lowest BCUT2D eigenvalue weighted by Gasteiger charge is -2.13. The molecule has 10 heteroatoms. The summed E-state index contributed by atoms with van der Waals surface area (Å²) >= 11 is 5.64. The third-order valence-corrected chi connectivity index (χ3v) is 5.04. The molecule has 6 nitrogen and oxygen atoms in total. The highest BCUT2D eigenvalue weighted by atomic mass is 35.5. The normalized spacial score (nSPS) is 11.4. The number of aliphatic hydroxyl groups excluding tert-OH is 1. The zero-order chi connectivity index (χ0) is 23.6. The number of nitrogens with one attached hydrogen (secondary N) is 1. The van der Waals surface area contributed by atoms with Crippen LogP contribution >= 0.6 is 11.6 Å². The molecule has 4 aromatic rings. The summed E-state index contributed by atoms with van der Waals surface area (Å²) in [5, 5.41) is 12.5. The summed E-state index contributed by atoms with van der Waals surface area (Å²) in [7, 11) is 0. The van der Waals surface area contributed by atoms with E-state index in [1.165, 1.54) is 18.5 Å². The Morgan fingerprint density at radius 1 is 1.06 bits per heavy atom. The largest absolute Gasteiger partial charge is 0.439 e. The SMILES string of the molecule is O=C(Nc1ccc(Cl)c(C(F)(F)F)c1)c1cccc2cc(Oc3cc(CO)ncn3)ccc12. The first kappa shape index (κ1) is 22.5. The molecule has 0 aliphatic heterocycles. The topological polar surface area (TPSA) is 84.3 Å². The van der Waals surface area contributed by atoms with Crippen molar-refractivity contribution < 1.29 is 27.8 Å². The average molecular weight is 474 g/mol. The summed E-state index contributed by atoms with van der Waals surface area (Å²) in [6.07, 6.45) is -3.37. The number of fused-ring (bicyclic) bond motifs is 1. The van der Waals surface area contributed by atoms with Crippen molar-refractivity contribution in [3.05, 3.63) is 88.8 Å². The van der Waals surface area contributed by atoms with E-state index in [1.54, 1.807) is 36.4 Å². The van der Waals surface area contributed by atoms with Crippen LogP contribution in [0.5, 0.6) is 11.6 Å². The molecule has 4 rings (SSSR count). The molecule has 0 spiro atoms. The molecule has 0 saturated carbocycles. The Labute approximate surface area is 190 Å². The number of carbonyl (C=O) groups is 1. The van der Waals surface area contributed by atoms with Gasteiger partial charge in [0.25, 0.3) is 5.91 Å². The van der Waals surface area contributed by atoms with E-state index in [0.29, 0.717) is 22.2 Å². The van der Waals surface area contributed by atoms with Crippen molar-refractivity contribution in [2.24, 2.45) is 0 Å². The predicted molar refractivity (Wildman–Crippen MR) is 116 cm³/mol. The van der Waals surface area contributed by atoms with E-state index >= 15 is 0 Å². The van der Waals surface area contributed by atoms with Crippen LogP contribution in [0.3, 0.4) is 0 Å². The summed E-state index contributed by atoms with van der Waals surface area (Å²) in [6.45, 7) is -0.257. The molecule has 0 bridgehead atoms. The van der Waals surface area contributed by atoms with Crippen LogP contribution in [0, 0.1) is 0 Å². The standard InChI is InChI=1S/C23H15ClF3N3O3/c24-20-7-4-14(9-19(20)23(25,26)27)30-22(32)18-3-1-2-13-8-16(5-6-17(13)18)33-21-10-15(11-31)28-12-29-21/h1-10,12,31H,11H2,(H,30,32). The summed E-state index contributed by atoms with van der Waals surface area (Å²) in [6, 6.07) is 14.6. The van der Waals surface area contributed by atoms with Gasteiger partial charge in [-0.05, 0) is 53.2 Å². The Hall–Kier alpha value is -3.69. The molecular formula is C23H15ClF3N3O3. The number of benzene rings is 3. The first-order chi connectivity index (χ1) is 15.7. The minimum atomic E-state index is -4.64. The van der Waals surface area contributed by atoms with Crippen molar-refractivity contribution in [3.63, 3.8) is 0 Å². The van der Waals surface area contributed by atoms with Crippen molar-refractivity contribution >= 4 is 34.0 Å². The monoisotopic (exact) mass is 473 g/mol. The molecule has 0 aliphatic carbocycles. The van der Waals surface area contributed by atoms with E-state index in [1.807, 2.05) is 0 Å². The molecule has 0 unspecified atom stereocenters. The second kappa shape index (κ2) is 9.05. The van der Waals surface area contributed by atoms with Crippen LogP contribution in [0.25, 0.3) is 10.8 Å². The average Bonchev–Trinajstić information content (AvgIpc) is 2.79. The van der Waals surface area contributed by atoms with E-state index in [2.05, 4.69) is 15.3 Å². The molecule has 1 aromatic heterocycles. The number of aliphatic hydroxyl groups is 1. The second-order valence-electron chi connectivity index (χ2n) is 6.94. The van der Waals surface area contributed by atoms with Crippen molar-refractivity contribution in [1.82, 2.24) is 9.97 Å². The van der Waals surface area contributed by atoms with Gasteiger partial charge in [-0.3, -0.25) is 4.79 Å². The number of hydrogen-bond donors (Lipinski definition) is 2. The van der Waals surface area contributed by atoms with E-state index in [9.17, 15) is 23.1 Å². The minimum absolute atomic E-state index is 0.0304. The minimum Gasteiger partial charge on any atom is -0.439 e. The summed E-state index contributed by atoms with van der Waals surface area (Å²) in [5.41, 5.74) is -0.393. The lowest BCUT2D eigenvalue weighted by atomic mass is 10.0. The van der Waals surface area contributed by atoms with Crippen LogP contribution in [0.1, 0.15) is 21.6 Å². The van der Waals surface area contributed by atoms with Crippen LogP contribution in [0.2, 0.25) is 5.02 Å². The Kier molecular flexibility index (Phi) is 6.17. The Balaban J connectivity index is 1.60. The smallest absolute Gasteiger partial charge is 0.417 e. The van der Waals surface area contributed by atoms with Crippen LogP contribution in [0.15, 0.2) is 67.0 Å². The summed E-state index contributed by atoms with van der Waals surface area (Å²) < 4.78 is 45.0. The highest BCUT2D eigenvalue weighted by Crippen LogP contribution is 2.36. The molecule has 0 fully saturated rings. The van der Waals surface area contributed by atoms with E-state index in [0.717, 1.165) is 12.1 Å². The van der Waals surface area contributed by atoms with Crippen molar-refractivity contribution in [3.8, 4) is 11.6 Å². The lowest BCUT2D eigenvalue weighted by Crippen LogP contribution is -2.14. The molecule has 1 heterocycles. The molecular weight excluding hydrogens is 459 g/mol. The Bertz CT molecular complexity index is 1350. The number of carbonyl (C=O) groups excluding carboxylic acids is 1. The second-order valence-corrected chi connectivity index (χ2v) is 7.35. The van der Waals surface area contributed by atoms with E-state index in [4.69, 9.17) is 16.3 Å². The molecule has 3 aromatic carbocycles. The van der Waals surface area contributed by atoms with Gasteiger partial charge in [0.2, 0.25) is 5.88 Å². The number of amides is 1. The van der Waals surface area contributed by atoms with Crippen LogP contribution in [-0.2, 0) is 12.8 Å². The summed E-state index contributed by atoms with van der Waals surface area (Å²) in [5.74, 6) is 0.105. The van der Waals surface area contributed by atoms with Gasteiger partial charge >= 0.3 is 6.18 Å². The van der Waals surface area contributed by atoms with Gasteiger partial charge in [-0.1, -0.05) is 23.7 Å². The Morgan fingerprint density at radius 2 is 1.88 bits per heavy atom. The molecule has 0 saturated heterocycles. The highest BCUT2D eigenvalue weighted by molar-refractivity contribution is 6.31. The molecule has 168 valence electrons. The maximum absolute atomic E-state index is 13.1. The van der Waals surface area contributed by atoms with Crippen molar-refractivity contribution in [2.75, 3.05) is 5.32 Å². The van der Waals surface area contributed by atoms with E-state index < -0.39 is 22.7 Å². The fraction of sp³-hybridized carbons (Fsp3) is 0.0870. The maximum atomic E-state index is 13.1. The van der Waals surface area contributed by atoms with Gasteiger partial charge in [0.1, 0.15) is 12.1 Å². The molecule has 0 radical (unpaired) electrons. The van der Waals surface area contributed by atoms with Gasteiger partial charge in [0.05, 0.1) is 22.9 Å². The lowest BCUT2D eigenvalue weighted by molar-refractivity contribution is -0.137. The first-order valence-electron chi connectivity index (χ1n) is 9.55. The number of ether oxygens (including phenoxy) is 1. The van der Waals surface area contributed by atoms with Gasteiger partial charge in [-0.2, -0.15) is 13.2 Å². The van der Waals surface area contributed by atoms with Crippen molar-refractivity contribution in [2.45, 2.75) is 12.8 Å². The van der Waals surface area contributed by atoms with Gasteiger partial charge in [-0.15, -0.1) is 0 Å². The van der Waals surface area contributed by atoms with Gasteiger partial charge in [0, 0.05) is 17.3 Å². The summed E-state index contributed by atoms with van der Waals surface area (Å²) in [4.78, 5) is 20.7. The van der Waals surface area contributed by atoms with Crippen LogP contribution < -0.4 is 10.1 Å². The number of rotatable bonds is 5. The predicted octanol–water partition coefficient (Wildman–Crippen LogP) is 5.84. The molecule has 0 aliphatic rings.